The van der Waals surface area contributed by atoms with Crippen molar-refractivity contribution in [3.8, 4) is 0 Å². The first-order valence-corrected chi connectivity index (χ1v) is 6.44. The van der Waals surface area contributed by atoms with E-state index in [2.05, 4.69) is 5.32 Å². The number of methoxy groups -OCH3 is 1. The number of carbonyl (C=O) groups excluding carboxylic acids is 1. The number of nitrogens with one attached hydrogen (secondary N) is 1. The Morgan fingerprint density at radius 3 is 2.95 bits per heavy atom. The van der Waals surface area contributed by atoms with Crippen molar-refractivity contribution in [3.63, 3.8) is 0 Å². The van der Waals surface area contributed by atoms with Crippen LogP contribution in [0, 0.1) is 5.82 Å². The fraction of sp³-hybridized carbons (Fsp3) is 0.500. The minimum Gasteiger partial charge on any atom is -0.381 e. The second kappa shape index (κ2) is 6.12. The summed E-state index contributed by atoms with van der Waals surface area (Å²) in [6.07, 6.45) is 3.28. The Bertz CT molecular complexity index is 465. The van der Waals surface area contributed by atoms with Crippen LogP contribution in [0.25, 0.3) is 0 Å². The van der Waals surface area contributed by atoms with E-state index >= 15 is 0 Å². The van der Waals surface area contributed by atoms with Crippen molar-refractivity contribution in [1.82, 2.24) is 5.32 Å². The normalized spacial score (nSPS) is 22.6. The molecule has 4 nitrogen and oxygen atoms in total. The van der Waals surface area contributed by atoms with Crippen LogP contribution in [0.1, 0.15) is 35.2 Å². The summed E-state index contributed by atoms with van der Waals surface area (Å²) in [6, 6.07) is 4.52. The van der Waals surface area contributed by atoms with Gasteiger partial charge in [-0.15, -0.1) is 0 Å². The number of primary amides is 1. The van der Waals surface area contributed by atoms with Crippen LogP contribution in [0.3, 0.4) is 0 Å². The first kappa shape index (κ1) is 14.0. The minimum absolute atomic E-state index is 0.291. The van der Waals surface area contributed by atoms with Crippen LogP contribution in [0.4, 0.5) is 4.39 Å². The molecule has 2 rings (SSSR count). The number of nitrogens with two attached hydrogens (primary N) is 1. The number of carbonyl (C=O) groups is 1. The van der Waals surface area contributed by atoms with Crippen LogP contribution < -0.4 is 11.1 Å². The van der Waals surface area contributed by atoms with E-state index in [1.807, 2.05) is 0 Å². The number of hydrogen-bond acceptors (Lipinski definition) is 3. The summed E-state index contributed by atoms with van der Waals surface area (Å²) in [6.45, 7) is 0.397. The van der Waals surface area contributed by atoms with Gasteiger partial charge in [-0.3, -0.25) is 4.79 Å². The van der Waals surface area contributed by atoms with Crippen LogP contribution in [0.2, 0.25) is 0 Å². The molecule has 1 amide bonds. The van der Waals surface area contributed by atoms with Crippen molar-refractivity contribution in [2.45, 2.75) is 38.0 Å². The number of halogens is 1. The third-order valence-corrected chi connectivity index (χ3v) is 3.63. The summed E-state index contributed by atoms with van der Waals surface area (Å²) in [7, 11) is 1.71. The summed E-state index contributed by atoms with van der Waals surface area (Å²) in [5.74, 6) is -0.861. The lowest BCUT2D eigenvalue weighted by atomic mass is 10.1. The Labute approximate surface area is 112 Å². The maximum atomic E-state index is 13.6. The van der Waals surface area contributed by atoms with Crippen LogP contribution in [0.15, 0.2) is 18.2 Å². The summed E-state index contributed by atoms with van der Waals surface area (Å²) >= 11 is 0. The maximum Gasteiger partial charge on any atom is 0.248 e. The number of ether oxygens (including phenoxy) is 1. The number of amides is 1. The van der Waals surface area contributed by atoms with Gasteiger partial charge >= 0.3 is 0 Å². The van der Waals surface area contributed by atoms with E-state index < -0.39 is 5.91 Å². The SMILES string of the molecule is COC1CCC(NCc2cc(C(N)=O)ccc2F)C1. The molecule has 0 radical (unpaired) electrons. The van der Waals surface area contributed by atoms with Crippen molar-refractivity contribution in [1.29, 1.82) is 0 Å². The van der Waals surface area contributed by atoms with Gasteiger partial charge in [0.1, 0.15) is 5.82 Å². The van der Waals surface area contributed by atoms with E-state index in [0.29, 0.717) is 29.8 Å². The maximum absolute atomic E-state index is 13.6. The molecule has 1 saturated carbocycles. The van der Waals surface area contributed by atoms with Gasteiger partial charge in [0.15, 0.2) is 0 Å². The lowest BCUT2D eigenvalue weighted by Crippen LogP contribution is -2.27. The summed E-state index contributed by atoms with van der Waals surface area (Å²) in [5, 5.41) is 3.30. The molecule has 1 aliphatic rings. The Balaban J connectivity index is 1.96. The quantitative estimate of drug-likeness (QED) is 0.850. The first-order valence-electron chi connectivity index (χ1n) is 6.44. The summed E-state index contributed by atoms with van der Waals surface area (Å²) in [5.41, 5.74) is 5.99. The number of rotatable bonds is 5. The minimum atomic E-state index is -0.540. The molecule has 0 bridgehead atoms. The molecule has 1 aliphatic carbocycles. The van der Waals surface area contributed by atoms with E-state index in [9.17, 15) is 9.18 Å². The molecule has 1 aromatic carbocycles. The predicted molar refractivity (Wildman–Crippen MR) is 70.2 cm³/mol. The highest BCUT2D eigenvalue weighted by Crippen LogP contribution is 2.22. The Kier molecular flexibility index (Phi) is 4.50. The van der Waals surface area contributed by atoms with Crippen LogP contribution in [-0.2, 0) is 11.3 Å². The van der Waals surface area contributed by atoms with Crippen molar-refractivity contribution in [3.05, 3.63) is 35.1 Å². The molecule has 1 fully saturated rings. The van der Waals surface area contributed by atoms with E-state index in [1.54, 1.807) is 7.11 Å². The van der Waals surface area contributed by atoms with Crippen molar-refractivity contribution in [2.75, 3.05) is 7.11 Å². The molecule has 0 heterocycles. The van der Waals surface area contributed by atoms with Crippen molar-refractivity contribution >= 4 is 5.91 Å². The van der Waals surface area contributed by atoms with Gasteiger partial charge in [-0.25, -0.2) is 4.39 Å². The highest BCUT2D eigenvalue weighted by atomic mass is 19.1. The highest BCUT2D eigenvalue weighted by Gasteiger charge is 2.24. The molecule has 0 spiro atoms. The standard InChI is InChI=1S/C14H19FN2O2/c1-19-12-4-3-11(7-12)17-8-10-6-9(14(16)18)2-5-13(10)15/h2,5-6,11-12,17H,3-4,7-8H2,1H3,(H2,16,18). The molecular weight excluding hydrogens is 247 g/mol. The molecular formula is C14H19FN2O2. The molecule has 0 aromatic heterocycles. The lowest BCUT2D eigenvalue weighted by molar-refractivity contribution is 0.1000. The van der Waals surface area contributed by atoms with Gasteiger partial charge < -0.3 is 15.8 Å². The lowest BCUT2D eigenvalue weighted by Gasteiger charge is -2.13. The fourth-order valence-electron chi connectivity index (χ4n) is 2.46. The zero-order chi connectivity index (χ0) is 13.8. The molecule has 2 atom stereocenters. The summed E-state index contributed by atoms with van der Waals surface area (Å²) in [4.78, 5) is 11.1. The van der Waals surface area contributed by atoms with Crippen LogP contribution in [0.5, 0.6) is 0 Å². The van der Waals surface area contributed by atoms with E-state index in [-0.39, 0.29) is 5.82 Å². The van der Waals surface area contributed by atoms with Crippen LogP contribution in [-0.4, -0.2) is 25.2 Å². The van der Waals surface area contributed by atoms with Gasteiger partial charge in [0.05, 0.1) is 6.10 Å². The molecule has 19 heavy (non-hydrogen) atoms. The third-order valence-electron chi connectivity index (χ3n) is 3.63. The highest BCUT2D eigenvalue weighted by molar-refractivity contribution is 5.92. The third kappa shape index (κ3) is 3.52. The average Bonchev–Trinajstić information content (AvgIpc) is 2.85. The van der Waals surface area contributed by atoms with Crippen molar-refractivity contribution in [2.24, 2.45) is 5.73 Å². The first-order chi connectivity index (χ1) is 9.10. The topological polar surface area (TPSA) is 64.3 Å². The van der Waals surface area contributed by atoms with E-state index in [0.717, 1.165) is 19.3 Å². The van der Waals surface area contributed by atoms with Gasteiger partial charge in [-0.05, 0) is 37.5 Å². The van der Waals surface area contributed by atoms with E-state index in [4.69, 9.17) is 10.5 Å². The Morgan fingerprint density at radius 2 is 2.32 bits per heavy atom. The Hall–Kier alpha value is -1.46. The fourth-order valence-corrected chi connectivity index (χ4v) is 2.46. The second-order valence-corrected chi connectivity index (χ2v) is 4.92. The molecule has 0 saturated heterocycles. The van der Waals surface area contributed by atoms with Gasteiger partial charge in [-0.2, -0.15) is 0 Å². The molecule has 2 unspecified atom stereocenters. The van der Waals surface area contributed by atoms with Crippen molar-refractivity contribution < 1.29 is 13.9 Å². The number of hydrogen-bond donors (Lipinski definition) is 2. The predicted octanol–water partition coefficient (Wildman–Crippen LogP) is 1.58. The van der Waals surface area contributed by atoms with Gasteiger partial charge in [0.2, 0.25) is 5.91 Å². The zero-order valence-electron chi connectivity index (χ0n) is 11.0. The van der Waals surface area contributed by atoms with E-state index in [1.165, 1.54) is 18.2 Å². The summed E-state index contributed by atoms with van der Waals surface area (Å²) < 4.78 is 18.9. The second-order valence-electron chi connectivity index (χ2n) is 4.92. The largest absolute Gasteiger partial charge is 0.381 e. The molecule has 5 heteroatoms. The van der Waals surface area contributed by atoms with Gasteiger partial charge in [0.25, 0.3) is 0 Å². The Morgan fingerprint density at radius 1 is 1.53 bits per heavy atom. The van der Waals surface area contributed by atoms with Crippen LogP contribution >= 0.6 is 0 Å². The van der Waals surface area contributed by atoms with Gasteiger partial charge in [-0.1, -0.05) is 0 Å². The smallest absolute Gasteiger partial charge is 0.248 e. The molecule has 1 aromatic rings. The molecule has 0 aliphatic heterocycles. The number of benzene rings is 1. The zero-order valence-corrected chi connectivity index (χ0v) is 11.0. The average molecular weight is 266 g/mol. The monoisotopic (exact) mass is 266 g/mol. The molecule has 104 valence electrons. The van der Waals surface area contributed by atoms with Gasteiger partial charge in [0, 0.05) is 30.8 Å². The molecule has 3 N–H and O–H groups in total.